The lowest BCUT2D eigenvalue weighted by Gasteiger charge is -2.39. The maximum absolute atomic E-state index is 13.3. The molecule has 0 bridgehead atoms. The summed E-state index contributed by atoms with van der Waals surface area (Å²) < 4.78 is 5.67. The van der Waals surface area contributed by atoms with E-state index in [4.69, 9.17) is 4.74 Å². The van der Waals surface area contributed by atoms with Crippen molar-refractivity contribution >= 4 is 18.0 Å². The van der Waals surface area contributed by atoms with Gasteiger partial charge >= 0.3 is 12.1 Å². The van der Waals surface area contributed by atoms with Crippen molar-refractivity contribution in [2.24, 2.45) is 11.3 Å². The summed E-state index contributed by atoms with van der Waals surface area (Å²) in [5.74, 6) is -0.845. The smallest absolute Gasteiger partial charge is 0.407 e. The standard InChI is InChI=1S/C28H32N2O5/c1-2-28(26(32)33)13-15-30(16-14-28)25(31)24(18-11-12-18)29-27(34)35-17-23-21-9-5-3-7-19(21)20-8-4-6-10-22(20)23/h3-10,18,23-24H,2,11-17H2,1H3,(H,29,34)(H,32,33). The van der Waals surface area contributed by atoms with Gasteiger partial charge in [0.25, 0.3) is 0 Å². The maximum Gasteiger partial charge on any atom is 0.407 e. The Kier molecular flexibility index (Phi) is 6.26. The second kappa shape index (κ2) is 9.36. The molecule has 7 heteroatoms. The van der Waals surface area contributed by atoms with Crippen molar-refractivity contribution in [3.05, 3.63) is 59.7 Å². The Balaban J connectivity index is 1.22. The lowest BCUT2D eigenvalue weighted by atomic mass is 9.76. The third-order valence-corrected chi connectivity index (χ3v) is 8.14. The summed E-state index contributed by atoms with van der Waals surface area (Å²) in [7, 11) is 0. The normalized spacial score (nSPS) is 19.4. The predicted octanol–water partition coefficient (Wildman–Crippen LogP) is 4.41. The Morgan fingerprint density at radius 3 is 2.11 bits per heavy atom. The molecule has 1 heterocycles. The van der Waals surface area contributed by atoms with Crippen LogP contribution in [0.2, 0.25) is 0 Å². The molecule has 1 aliphatic heterocycles. The van der Waals surface area contributed by atoms with Crippen LogP contribution in [0.25, 0.3) is 11.1 Å². The molecule has 7 nitrogen and oxygen atoms in total. The number of benzene rings is 2. The molecule has 1 unspecified atom stereocenters. The zero-order valence-electron chi connectivity index (χ0n) is 20.0. The number of carbonyl (C=O) groups is 3. The number of amides is 2. The zero-order valence-corrected chi connectivity index (χ0v) is 20.0. The molecule has 2 aromatic carbocycles. The first kappa shape index (κ1) is 23.4. The number of fused-ring (bicyclic) bond motifs is 3. The van der Waals surface area contributed by atoms with E-state index in [2.05, 4.69) is 29.6 Å². The highest BCUT2D eigenvalue weighted by Gasteiger charge is 2.45. The minimum atomic E-state index is -0.789. The van der Waals surface area contributed by atoms with Gasteiger partial charge in [0.1, 0.15) is 12.6 Å². The lowest BCUT2D eigenvalue weighted by molar-refractivity contribution is -0.155. The number of carboxylic acids is 1. The van der Waals surface area contributed by atoms with Gasteiger partial charge in [-0.3, -0.25) is 9.59 Å². The van der Waals surface area contributed by atoms with E-state index in [-0.39, 0.29) is 24.3 Å². The van der Waals surface area contributed by atoms with Crippen LogP contribution < -0.4 is 5.32 Å². The predicted molar refractivity (Wildman–Crippen MR) is 131 cm³/mol. The first-order valence-corrected chi connectivity index (χ1v) is 12.6. The summed E-state index contributed by atoms with van der Waals surface area (Å²) >= 11 is 0. The summed E-state index contributed by atoms with van der Waals surface area (Å²) in [4.78, 5) is 39.5. The van der Waals surface area contributed by atoms with Crippen molar-refractivity contribution in [2.45, 2.75) is 51.0 Å². The van der Waals surface area contributed by atoms with E-state index < -0.39 is 23.5 Å². The number of aliphatic carboxylic acids is 1. The molecule has 0 spiro atoms. The molecule has 1 saturated heterocycles. The number of hydrogen-bond donors (Lipinski definition) is 2. The molecule has 184 valence electrons. The van der Waals surface area contributed by atoms with Crippen LogP contribution in [0.15, 0.2) is 48.5 Å². The molecule has 3 aliphatic rings. The molecule has 2 N–H and O–H groups in total. The van der Waals surface area contributed by atoms with Crippen LogP contribution >= 0.6 is 0 Å². The summed E-state index contributed by atoms with van der Waals surface area (Å²) in [6.45, 7) is 2.88. The van der Waals surface area contributed by atoms with E-state index in [0.29, 0.717) is 32.4 Å². The second-order valence-corrected chi connectivity index (χ2v) is 10.0. The molecule has 2 amide bonds. The number of nitrogens with one attached hydrogen (secondary N) is 1. The number of ether oxygens (including phenoxy) is 1. The first-order chi connectivity index (χ1) is 16.9. The minimum Gasteiger partial charge on any atom is -0.481 e. The average molecular weight is 477 g/mol. The van der Waals surface area contributed by atoms with Crippen molar-refractivity contribution in [3.8, 4) is 11.1 Å². The fourth-order valence-corrected chi connectivity index (χ4v) is 5.65. The topological polar surface area (TPSA) is 95.9 Å². The molecular formula is C28H32N2O5. The summed E-state index contributed by atoms with van der Waals surface area (Å²) in [6.07, 6.45) is 2.63. The zero-order chi connectivity index (χ0) is 24.6. The van der Waals surface area contributed by atoms with Gasteiger partial charge in [-0.2, -0.15) is 0 Å². The summed E-state index contributed by atoms with van der Waals surface area (Å²) in [6, 6.07) is 15.7. The summed E-state index contributed by atoms with van der Waals surface area (Å²) in [5.41, 5.74) is 3.85. The molecule has 2 aromatic rings. The van der Waals surface area contributed by atoms with E-state index in [1.165, 1.54) is 0 Å². The van der Waals surface area contributed by atoms with Crippen molar-refractivity contribution < 1.29 is 24.2 Å². The molecular weight excluding hydrogens is 444 g/mol. The van der Waals surface area contributed by atoms with Crippen LogP contribution in [0.4, 0.5) is 4.79 Å². The number of piperidine rings is 1. The van der Waals surface area contributed by atoms with Crippen LogP contribution in [0.5, 0.6) is 0 Å². The monoisotopic (exact) mass is 476 g/mol. The van der Waals surface area contributed by atoms with Gasteiger partial charge in [0, 0.05) is 19.0 Å². The van der Waals surface area contributed by atoms with E-state index in [9.17, 15) is 19.5 Å². The highest BCUT2D eigenvalue weighted by Crippen LogP contribution is 2.44. The molecule has 2 aliphatic carbocycles. The Labute approximate surface area is 205 Å². The van der Waals surface area contributed by atoms with E-state index in [1.54, 1.807) is 4.90 Å². The van der Waals surface area contributed by atoms with Crippen molar-refractivity contribution in [3.63, 3.8) is 0 Å². The first-order valence-electron chi connectivity index (χ1n) is 12.6. The number of carbonyl (C=O) groups excluding carboxylic acids is 2. The number of likely N-dealkylation sites (tertiary alicyclic amines) is 1. The molecule has 0 radical (unpaired) electrons. The fourth-order valence-electron chi connectivity index (χ4n) is 5.65. The van der Waals surface area contributed by atoms with Gasteiger partial charge in [-0.05, 0) is 60.3 Å². The molecule has 0 aromatic heterocycles. The van der Waals surface area contributed by atoms with Crippen LogP contribution in [0.3, 0.4) is 0 Å². The van der Waals surface area contributed by atoms with Gasteiger partial charge in [-0.1, -0.05) is 55.5 Å². The summed E-state index contributed by atoms with van der Waals surface area (Å²) in [5, 5.41) is 12.5. The van der Waals surface area contributed by atoms with Crippen LogP contribution in [-0.4, -0.2) is 53.7 Å². The van der Waals surface area contributed by atoms with Gasteiger partial charge in [0.15, 0.2) is 0 Å². The molecule has 5 rings (SSSR count). The average Bonchev–Trinajstić information content (AvgIpc) is 3.68. The fraction of sp³-hybridized carbons (Fsp3) is 0.464. The Morgan fingerprint density at radius 2 is 1.60 bits per heavy atom. The van der Waals surface area contributed by atoms with Crippen molar-refractivity contribution in [2.75, 3.05) is 19.7 Å². The van der Waals surface area contributed by atoms with Gasteiger partial charge in [-0.25, -0.2) is 4.79 Å². The molecule has 1 atom stereocenters. The third-order valence-electron chi connectivity index (χ3n) is 8.14. The van der Waals surface area contributed by atoms with Crippen LogP contribution in [0.1, 0.15) is 56.1 Å². The number of alkyl carbamates (subject to hydrolysis) is 1. The van der Waals surface area contributed by atoms with Crippen LogP contribution in [0, 0.1) is 11.3 Å². The number of carboxylic acid groups (broad SMARTS) is 1. The van der Waals surface area contributed by atoms with Crippen molar-refractivity contribution in [1.29, 1.82) is 0 Å². The SMILES string of the molecule is CCC1(C(=O)O)CCN(C(=O)C(NC(=O)OCC2c3ccccc3-c3ccccc32)C2CC2)CC1. The molecule has 35 heavy (non-hydrogen) atoms. The highest BCUT2D eigenvalue weighted by molar-refractivity contribution is 5.87. The largest absolute Gasteiger partial charge is 0.481 e. The Bertz CT molecular complexity index is 1090. The molecule has 1 saturated carbocycles. The van der Waals surface area contributed by atoms with E-state index in [0.717, 1.165) is 35.1 Å². The van der Waals surface area contributed by atoms with Gasteiger partial charge < -0.3 is 20.1 Å². The van der Waals surface area contributed by atoms with Gasteiger partial charge in [-0.15, -0.1) is 0 Å². The molecule has 2 fully saturated rings. The Hall–Kier alpha value is -3.35. The van der Waals surface area contributed by atoms with E-state index >= 15 is 0 Å². The second-order valence-electron chi connectivity index (χ2n) is 10.0. The Morgan fingerprint density at radius 1 is 1.03 bits per heavy atom. The number of hydrogen-bond acceptors (Lipinski definition) is 4. The van der Waals surface area contributed by atoms with E-state index in [1.807, 2.05) is 31.2 Å². The lowest BCUT2D eigenvalue weighted by Crippen LogP contribution is -2.54. The quantitative estimate of drug-likeness (QED) is 0.617. The highest BCUT2D eigenvalue weighted by atomic mass is 16.5. The number of nitrogens with zero attached hydrogens (tertiary/aromatic N) is 1. The van der Waals surface area contributed by atoms with Gasteiger partial charge in [0.05, 0.1) is 5.41 Å². The third kappa shape index (κ3) is 4.40. The van der Waals surface area contributed by atoms with Crippen molar-refractivity contribution in [1.82, 2.24) is 10.2 Å². The van der Waals surface area contributed by atoms with Crippen LogP contribution in [-0.2, 0) is 14.3 Å². The maximum atomic E-state index is 13.3. The number of rotatable bonds is 7. The van der Waals surface area contributed by atoms with Gasteiger partial charge in [0.2, 0.25) is 5.91 Å². The minimum absolute atomic E-state index is 0.0384.